The Hall–Kier alpha value is -0.650. The van der Waals surface area contributed by atoms with Crippen molar-refractivity contribution in [3.63, 3.8) is 0 Å². The van der Waals surface area contributed by atoms with Gasteiger partial charge in [-0.3, -0.25) is 9.69 Å². The number of rotatable bonds is 8. The molecule has 0 saturated carbocycles. The fourth-order valence-electron chi connectivity index (χ4n) is 2.36. The molecule has 5 nitrogen and oxygen atoms in total. The zero-order valence-electron chi connectivity index (χ0n) is 12.4. The molecule has 0 radical (unpaired) electrons. The minimum Gasteiger partial charge on any atom is -0.379 e. The Morgan fingerprint density at radius 2 is 2.05 bits per heavy atom. The second-order valence-corrected chi connectivity index (χ2v) is 5.66. The molecule has 1 unspecified atom stereocenters. The Morgan fingerprint density at radius 1 is 1.37 bits per heavy atom. The molecule has 5 heteroatoms. The molecule has 1 saturated heterocycles. The summed E-state index contributed by atoms with van der Waals surface area (Å²) in [6.45, 7) is 10.1. The standard InChI is InChI=1S/C14H29N3O2/c1-12(2)10-13(11-15)14(18)16-4-3-5-17-6-8-19-9-7-17/h12-13H,3-11,15H2,1-2H3,(H,16,18). The zero-order valence-corrected chi connectivity index (χ0v) is 12.4. The average molecular weight is 271 g/mol. The molecule has 0 aromatic heterocycles. The molecule has 1 atom stereocenters. The minimum absolute atomic E-state index is 0.0385. The van der Waals surface area contributed by atoms with E-state index >= 15 is 0 Å². The van der Waals surface area contributed by atoms with E-state index in [0.717, 1.165) is 52.2 Å². The smallest absolute Gasteiger partial charge is 0.224 e. The molecule has 0 aliphatic carbocycles. The number of nitrogens with zero attached hydrogens (tertiary/aromatic N) is 1. The van der Waals surface area contributed by atoms with Gasteiger partial charge in [-0.2, -0.15) is 0 Å². The zero-order chi connectivity index (χ0) is 14.1. The van der Waals surface area contributed by atoms with Crippen LogP contribution in [0.2, 0.25) is 0 Å². The van der Waals surface area contributed by atoms with Crippen LogP contribution in [-0.4, -0.2) is 56.7 Å². The number of hydrogen-bond donors (Lipinski definition) is 2. The summed E-state index contributed by atoms with van der Waals surface area (Å²) < 4.78 is 5.30. The summed E-state index contributed by atoms with van der Waals surface area (Å²) in [4.78, 5) is 14.3. The van der Waals surface area contributed by atoms with Gasteiger partial charge in [-0.1, -0.05) is 13.8 Å². The van der Waals surface area contributed by atoms with E-state index < -0.39 is 0 Å². The lowest BCUT2D eigenvalue weighted by Crippen LogP contribution is -2.39. The first-order valence-corrected chi connectivity index (χ1v) is 7.41. The van der Waals surface area contributed by atoms with Gasteiger partial charge in [0.2, 0.25) is 5.91 Å². The molecule has 0 spiro atoms. The van der Waals surface area contributed by atoms with Gasteiger partial charge in [0.25, 0.3) is 0 Å². The first-order valence-electron chi connectivity index (χ1n) is 7.41. The van der Waals surface area contributed by atoms with Crippen LogP contribution in [0.15, 0.2) is 0 Å². The molecule has 19 heavy (non-hydrogen) atoms. The normalized spacial score (nSPS) is 18.5. The van der Waals surface area contributed by atoms with Gasteiger partial charge >= 0.3 is 0 Å². The summed E-state index contributed by atoms with van der Waals surface area (Å²) in [5.74, 6) is 0.578. The maximum atomic E-state index is 11.9. The SMILES string of the molecule is CC(C)CC(CN)C(=O)NCCCN1CCOCC1. The third kappa shape index (κ3) is 6.89. The molecular formula is C14H29N3O2. The lowest BCUT2D eigenvalue weighted by molar-refractivity contribution is -0.125. The molecule has 3 N–H and O–H groups in total. The second kappa shape index (κ2) is 9.28. The van der Waals surface area contributed by atoms with E-state index in [1.807, 2.05) is 0 Å². The van der Waals surface area contributed by atoms with Crippen LogP contribution in [0.3, 0.4) is 0 Å². The van der Waals surface area contributed by atoms with Crippen LogP contribution >= 0.6 is 0 Å². The number of ether oxygens (including phenoxy) is 1. The first kappa shape index (κ1) is 16.4. The van der Waals surface area contributed by atoms with E-state index in [0.29, 0.717) is 12.5 Å². The number of nitrogens with one attached hydrogen (secondary N) is 1. The first-order chi connectivity index (χ1) is 9.13. The van der Waals surface area contributed by atoms with E-state index in [2.05, 4.69) is 24.1 Å². The predicted molar refractivity (Wildman–Crippen MR) is 76.9 cm³/mol. The second-order valence-electron chi connectivity index (χ2n) is 5.66. The molecule has 1 amide bonds. The van der Waals surface area contributed by atoms with Crippen LogP contribution in [-0.2, 0) is 9.53 Å². The fourth-order valence-corrected chi connectivity index (χ4v) is 2.36. The van der Waals surface area contributed by atoms with Crippen molar-refractivity contribution in [1.82, 2.24) is 10.2 Å². The summed E-state index contributed by atoms with van der Waals surface area (Å²) in [6, 6.07) is 0. The molecule has 1 aliphatic heterocycles. The van der Waals surface area contributed by atoms with Gasteiger partial charge in [-0.15, -0.1) is 0 Å². The largest absolute Gasteiger partial charge is 0.379 e. The number of carbonyl (C=O) groups excluding carboxylic acids is 1. The number of hydrogen-bond acceptors (Lipinski definition) is 4. The number of nitrogens with two attached hydrogens (primary N) is 1. The number of carbonyl (C=O) groups is 1. The summed E-state index contributed by atoms with van der Waals surface area (Å²) in [5, 5.41) is 3.00. The van der Waals surface area contributed by atoms with Crippen LogP contribution in [0.5, 0.6) is 0 Å². The summed E-state index contributed by atoms with van der Waals surface area (Å²) >= 11 is 0. The molecule has 0 aromatic carbocycles. The molecular weight excluding hydrogens is 242 g/mol. The highest BCUT2D eigenvalue weighted by Crippen LogP contribution is 2.10. The molecule has 0 bridgehead atoms. The van der Waals surface area contributed by atoms with Crippen LogP contribution in [0.25, 0.3) is 0 Å². The lowest BCUT2D eigenvalue weighted by Gasteiger charge is -2.26. The Balaban J connectivity index is 2.11. The monoisotopic (exact) mass is 271 g/mol. The maximum Gasteiger partial charge on any atom is 0.224 e. The van der Waals surface area contributed by atoms with Gasteiger partial charge in [0, 0.05) is 26.2 Å². The van der Waals surface area contributed by atoms with Crippen LogP contribution < -0.4 is 11.1 Å². The highest BCUT2D eigenvalue weighted by Gasteiger charge is 2.17. The Morgan fingerprint density at radius 3 is 2.63 bits per heavy atom. The van der Waals surface area contributed by atoms with Gasteiger partial charge in [0.1, 0.15) is 0 Å². The van der Waals surface area contributed by atoms with Crippen molar-refractivity contribution in [2.45, 2.75) is 26.7 Å². The maximum absolute atomic E-state index is 11.9. The van der Waals surface area contributed by atoms with E-state index in [1.54, 1.807) is 0 Å². The average Bonchev–Trinajstić information content (AvgIpc) is 2.41. The van der Waals surface area contributed by atoms with Crippen molar-refractivity contribution < 1.29 is 9.53 Å². The fraction of sp³-hybridized carbons (Fsp3) is 0.929. The van der Waals surface area contributed by atoms with E-state index in [4.69, 9.17) is 10.5 Å². The van der Waals surface area contributed by atoms with Crippen molar-refractivity contribution in [2.24, 2.45) is 17.6 Å². The Kier molecular flexibility index (Phi) is 8.02. The lowest BCUT2D eigenvalue weighted by atomic mass is 9.96. The van der Waals surface area contributed by atoms with E-state index in [1.165, 1.54) is 0 Å². The summed E-state index contributed by atoms with van der Waals surface area (Å²) in [5.41, 5.74) is 5.66. The molecule has 1 rings (SSSR count). The highest BCUT2D eigenvalue weighted by atomic mass is 16.5. The van der Waals surface area contributed by atoms with Gasteiger partial charge in [-0.05, 0) is 25.3 Å². The Labute approximate surface area is 116 Å². The number of amides is 1. The van der Waals surface area contributed by atoms with Crippen LogP contribution in [0.4, 0.5) is 0 Å². The van der Waals surface area contributed by atoms with Crippen molar-refractivity contribution in [2.75, 3.05) is 45.9 Å². The van der Waals surface area contributed by atoms with Crippen LogP contribution in [0.1, 0.15) is 26.7 Å². The Bertz CT molecular complexity index is 253. The number of morpholine rings is 1. The molecule has 1 aliphatic rings. The van der Waals surface area contributed by atoms with Crippen LogP contribution in [0, 0.1) is 11.8 Å². The minimum atomic E-state index is -0.0385. The van der Waals surface area contributed by atoms with E-state index in [-0.39, 0.29) is 11.8 Å². The van der Waals surface area contributed by atoms with Crippen molar-refractivity contribution in [3.05, 3.63) is 0 Å². The van der Waals surface area contributed by atoms with Gasteiger partial charge in [0.15, 0.2) is 0 Å². The summed E-state index contributed by atoms with van der Waals surface area (Å²) in [7, 11) is 0. The van der Waals surface area contributed by atoms with E-state index in [9.17, 15) is 4.79 Å². The van der Waals surface area contributed by atoms with Gasteiger partial charge in [-0.25, -0.2) is 0 Å². The van der Waals surface area contributed by atoms with Crippen molar-refractivity contribution in [1.29, 1.82) is 0 Å². The molecule has 1 heterocycles. The molecule has 1 fully saturated rings. The third-order valence-corrected chi connectivity index (χ3v) is 3.47. The third-order valence-electron chi connectivity index (χ3n) is 3.47. The molecule has 0 aromatic rings. The predicted octanol–water partition coefficient (Wildman–Crippen LogP) is 0.446. The van der Waals surface area contributed by atoms with Gasteiger partial charge < -0.3 is 15.8 Å². The highest BCUT2D eigenvalue weighted by molar-refractivity contribution is 5.78. The summed E-state index contributed by atoms with van der Waals surface area (Å²) in [6.07, 6.45) is 1.86. The van der Waals surface area contributed by atoms with Crippen molar-refractivity contribution in [3.8, 4) is 0 Å². The topological polar surface area (TPSA) is 67.6 Å². The van der Waals surface area contributed by atoms with Crippen molar-refractivity contribution >= 4 is 5.91 Å². The quantitative estimate of drug-likeness (QED) is 0.629. The van der Waals surface area contributed by atoms with Gasteiger partial charge in [0.05, 0.1) is 19.1 Å². The molecule has 112 valence electrons.